The number of allylic oxidation sites excluding steroid dienone is 2. The second kappa shape index (κ2) is 4.47. The standard InChI is InChI=1S/C15H24O2/c1-10-6-8-15(3)7-4-5-12(13(15)9-10)11(2)14(16)17/h9,11-13H,4-8H2,1-3H3,(H,16,17)/t11?,12-,13+,15+/m0/s1. The summed E-state index contributed by atoms with van der Waals surface area (Å²) in [5.74, 6) is -0.0183. The molecule has 0 amide bonds. The van der Waals surface area contributed by atoms with Crippen LogP contribution in [0, 0.1) is 23.2 Å². The summed E-state index contributed by atoms with van der Waals surface area (Å²) in [5.41, 5.74) is 1.81. The quantitative estimate of drug-likeness (QED) is 0.739. The molecule has 0 bridgehead atoms. The van der Waals surface area contributed by atoms with Gasteiger partial charge < -0.3 is 5.11 Å². The molecule has 1 unspecified atom stereocenters. The van der Waals surface area contributed by atoms with Gasteiger partial charge in [0.05, 0.1) is 5.92 Å². The third kappa shape index (κ3) is 2.27. The predicted molar refractivity (Wildman–Crippen MR) is 68.7 cm³/mol. The van der Waals surface area contributed by atoms with Gasteiger partial charge in [-0.2, -0.15) is 0 Å². The molecule has 0 aromatic heterocycles. The number of aliphatic carboxylic acids is 1. The van der Waals surface area contributed by atoms with Crippen LogP contribution in [0.3, 0.4) is 0 Å². The van der Waals surface area contributed by atoms with E-state index in [4.69, 9.17) is 0 Å². The zero-order chi connectivity index (χ0) is 12.6. The van der Waals surface area contributed by atoms with E-state index < -0.39 is 5.97 Å². The summed E-state index contributed by atoms with van der Waals surface area (Å²) in [5, 5.41) is 9.25. The van der Waals surface area contributed by atoms with Crippen molar-refractivity contribution < 1.29 is 9.90 Å². The van der Waals surface area contributed by atoms with Crippen molar-refractivity contribution in [3.05, 3.63) is 11.6 Å². The average Bonchev–Trinajstić information content (AvgIpc) is 2.28. The third-order valence-corrected chi connectivity index (χ3v) is 5.14. The first-order chi connectivity index (χ1) is 7.94. The van der Waals surface area contributed by atoms with Crippen molar-refractivity contribution >= 4 is 5.97 Å². The summed E-state index contributed by atoms with van der Waals surface area (Å²) in [6.07, 6.45) is 8.36. The zero-order valence-corrected chi connectivity index (χ0v) is 11.2. The van der Waals surface area contributed by atoms with Crippen LogP contribution < -0.4 is 0 Å². The Morgan fingerprint density at radius 3 is 2.88 bits per heavy atom. The van der Waals surface area contributed by atoms with Crippen molar-refractivity contribution in [1.82, 2.24) is 0 Å². The summed E-state index contributed by atoms with van der Waals surface area (Å²) in [6, 6.07) is 0. The smallest absolute Gasteiger partial charge is 0.306 e. The minimum absolute atomic E-state index is 0.207. The van der Waals surface area contributed by atoms with Gasteiger partial charge in [-0.25, -0.2) is 0 Å². The molecule has 2 aliphatic rings. The van der Waals surface area contributed by atoms with Gasteiger partial charge >= 0.3 is 5.97 Å². The first-order valence-electron chi connectivity index (χ1n) is 6.84. The largest absolute Gasteiger partial charge is 0.481 e. The van der Waals surface area contributed by atoms with E-state index in [2.05, 4.69) is 19.9 Å². The Bertz CT molecular complexity index is 345. The molecule has 0 aromatic rings. The van der Waals surface area contributed by atoms with E-state index >= 15 is 0 Å². The Morgan fingerprint density at radius 1 is 1.53 bits per heavy atom. The lowest BCUT2D eigenvalue weighted by Gasteiger charge is -2.49. The number of carboxylic acids is 1. The lowest BCUT2D eigenvalue weighted by Crippen LogP contribution is -2.42. The number of fused-ring (bicyclic) bond motifs is 1. The molecule has 17 heavy (non-hydrogen) atoms. The second-order valence-electron chi connectivity index (χ2n) is 6.38. The van der Waals surface area contributed by atoms with Crippen LogP contribution >= 0.6 is 0 Å². The molecule has 96 valence electrons. The fourth-order valence-corrected chi connectivity index (χ4v) is 3.84. The molecule has 4 atom stereocenters. The highest BCUT2D eigenvalue weighted by molar-refractivity contribution is 5.70. The van der Waals surface area contributed by atoms with Crippen molar-refractivity contribution in [2.45, 2.75) is 52.9 Å². The lowest BCUT2D eigenvalue weighted by atomic mass is 9.56. The van der Waals surface area contributed by atoms with E-state index in [9.17, 15) is 9.90 Å². The molecular formula is C15H24O2. The van der Waals surface area contributed by atoms with Crippen LogP contribution in [0.1, 0.15) is 52.9 Å². The fraction of sp³-hybridized carbons (Fsp3) is 0.800. The molecule has 2 heteroatoms. The number of hydrogen-bond donors (Lipinski definition) is 1. The third-order valence-electron chi connectivity index (χ3n) is 5.14. The van der Waals surface area contributed by atoms with E-state index in [0.717, 1.165) is 6.42 Å². The van der Waals surface area contributed by atoms with Crippen molar-refractivity contribution in [2.75, 3.05) is 0 Å². The van der Waals surface area contributed by atoms with E-state index in [1.165, 1.54) is 31.3 Å². The van der Waals surface area contributed by atoms with Gasteiger partial charge in [-0.1, -0.05) is 31.9 Å². The fourth-order valence-electron chi connectivity index (χ4n) is 3.84. The molecule has 1 fully saturated rings. The van der Waals surface area contributed by atoms with Gasteiger partial charge in [-0.05, 0) is 49.9 Å². The van der Waals surface area contributed by atoms with Crippen LogP contribution in [0.15, 0.2) is 11.6 Å². The highest BCUT2D eigenvalue weighted by Gasteiger charge is 2.45. The minimum atomic E-state index is -0.629. The Kier molecular flexibility index (Phi) is 3.33. The number of rotatable bonds is 2. The molecule has 0 aliphatic heterocycles. The van der Waals surface area contributed by atoms with Crippen LogP contribution in [0.5, 0.6) is 0 Å². The van der Waals surface area contributed by atoms with Crippen LogP contribution in [-0.2, 0) is 4.79 Å². The van der Waals surface area contributed by atoms with Gasteiger partial charge in [0.1, 0.15) is 0 Å². The maximum Gasteiger partial charge on any atom is 0.306 e. The molecular weight excluding hydrogens is 212 g/mol. The summed E-state index contributed by atoms with van der Waals surface area (Å²) < 4.78 is 0. The van der Waals surface area contributed by atoms with Crippen molar-refractivity contribution in [3.63, 3.8) is 0 Å². The highest BCUT2D eigenvalue weighted by Crippen LogP contribution is 2.53. The summed E-state index contributed by atoms with van der Waals surface area (Å²) in [4.78, 5) is 11.2. The first-order valence-corrected chi connectivity index (χ1v) is 6.84. The van der Waals surface area contributed by atoms with Crippen LogP contribution in [0.25, 0.3) is 0 Å². The monoisotopic (exact) mass is 236 g/mol. The van der Waals surface area contributed by atoms with Gasteiger partial charge in [0.15, 0.2) is 0 Å². The molecule has 2 nitrogen and oxygen atoms in total. The van der Waals surface area contributed by atoms with E-state index in [0.29, 0.717) is 17.3 Å². The lowest BCUT2D eigenvalue weighted by molar-refractivity contribution is -0.145. The van der Waals surface area contributed by atoms with Crippen molar-refractivity contribution in [1.29, 1.82) is 0 Å². The number of carboxylic acid groups (broad SMARTS) is 1. The molecule has 1 saturated carbocycles. The van der Waals surface area contributed by atoms with Gasteiger partial charge in [-0.15, -0.1) is 0 Å². The van der Waals surface area contributed by atoms with Crippen molar-refractivity contribution in [2.24, 2.45) is 23.2 Å². The zero-order valence-electron chi connectivity index (χ0n) is 11.2. The molecule has 0 heterocycles. The molecule has 0 spiro atoms. The highest BCUT2D eigenvalue weighted by atomic mass is 16.4. The normalized spacial score (nSPS) is 39.1. The van der Waals surface area contributed by atoms with Gasteiger partial charge in [-0.3, -0.25) is 4.79 Å². The molecule has 0 radical (unpaired) electrons. The molecule has 2 aliphatic carbocycles. The first kappa shape index (κ1) is 12.7. The minimum Gasteiger partial charge on any atom is -0.481 e. The van der Waals surface area contributed by atoms with Crippen LogP contribution in [0.4, 0.5) is 0 Å². The summed E-state index contributed by atoms with van der Waals surface area (Å²) >= 11 is 0. The number of hydrogen-bond acceptors (Lipinski definition) is 1. The molecule has 0 aromatic carbocycles. The Morgan fingerprint density at radius 2 is 2.24 bits per heavy atom. The molecule has 1 N–H and O–H groups in total. The van der Waals surface area contributed by atoms with E-state index in [1.807, 2.05) is 6.92 Å². The predicted octanol–water partition coefficient (Wildman–Crippen LogP) is 3.87. The SMILES string of the molecule is CC1=C[C@@H]2[C@H](C(C)C(=O)O)CCC[C@]2(C)CC1. The van der Waals surface area contributed by atoms with E-state index in [1.54, 1.807) is 0 Å². The number of carbonyl (C=O) groups is 1. The van der Waals surface area contributed by atoms with Gasteiger partial charge in [0.2, 0.25) is 0 Å². The average molecular weight is 236 g/mol. The summed E-state index contributed by atoms with van der Waals surface area (Å²) in [7, 11) is 0. The second-order valence-corrected chi connectivity index (χ2v) is 6.38. The maximum atomic E-state index is 11.2. The Balaban J connectivity index is 2.28. The van der Waals surface area contributed by atoms with Crippen LogP contribution in [0.2, 0.25) is 0 Å². The van der Waals surface area contributed by atoms with Gasteiger partial charge in [0, 0.05) is 0 Å². The molecule has 0 saturated heterocycles. The molecule has 2 rings (SSSR count). The maximum absolute atomic E-state index is 11.2. The van der Waals surface area contributed by atoms with Gasteiger partial charge in [0.25, 0.3) is 0 Å². The van der Waals surface area contributed by atoms with Crippen LogP contribution in [-0.4, -0.2) is 11.1 Å². The summed E-state index contributed by atoms with van der Waals surface area (Å²) in [6.45, 7) is 6.44. The Hall–Kier alpha value is -0.790. The topological polar surface area (TPSA) is 37.3 Å². The van der Waals surface area contributed by atoms with E-state index in [-0.39, 0.29) is 5.92 Å². The van der Waals surface area contributed by atoms with Crippen molar-refractivity contribution in [3.8, 4) is 0 Å². The Labute approximate surface area is 104 Å².